The lowest BCUT2D eigenvalue weighted by Gasteiger charge is -2.36. The molecule has 3 fully saturated rings. The van der Waals surface area contributed by atoms with Gasteiger partial charge in [0.05, 0.1) is 17.8 Å². The number of benzene rings is 1. The number of anilines is 2. The van der Waals surface area contributed by atoms with E-state index < -0.39 is 0 Å². The van der Waals surface area contributed by atoms with Crippen molar-refractivity contribution >= 4 is 22.8 Å². The number of aromatic nitrogens is 2. The maximum absolute atomic E-state index is 12.4. The lowest BCUT2D eigenvalue weighted by atomic mass is 10.1. The third kappa shape index (κ3) is 4.60. The second kappa shape index (κ2) is 9.51. The average Bonchev–Trinajstić information content (AvgIpc) is 3.67. The maximum Gasteiger partial charge on any atom is 0.225 e. The van der Waals surface area contributed by atoms with E-state index in [4.69, 9.17) is 5.11 Å². The van der Waals surface area contributed by atoms with Crippen LogP contribution in [0.25, 0.3) is 16.6 Å². The predicted octanol–water partition coefficient (Wildman–Crippen LogP) is 2.17. The highest BCUT2D eigenvalue weighted by molar-refractivity contribution is 5.82. The van der Waals surface area contributed by atoms with Crippen molar-refractivity contribution in [2.45, 2.75) is 12.8 Å². The van der Waals surface area contributed by atoms with E-state index in [1.807, 2.05) is 15.6 Å². The molecular weight excluding hydrogens is 440 g/mol. The van der Waals surface area contributed by atoms with Crippen LogP contribution in [0.4, 0.5) is 11.4 Å². The van der Waals surface area contributed by atoms with Gasteiger partial charge in [0.25, 0.3) is 0 Å². The fraction of sp³-hybridized carbons (Fsp3) is 0.481. The molecule has 1 aliphatic carbocycles. The largest absolute Gasteiger partial charge is 0.395 e. The van der Waals surface area contributed by atoms with Crippen LogP contribution >= 0.6 is 0 Å². The minimum absolute atomic E-state index is 0.230. The van der Waals surface area contributed by atoms with Gasteiger partial charge in [-0.1, -0.05) is 12.1 Å². The number of carbonyl (C=O) groups excluding carboxylic acids is 1. The number of fused-ring (bicyclic) bond motifs is 1. The number of nitrogens with zero attached hydrogens (tertiary/aromatic N) is 6. The molecule has 2 aliphatic heterocycles. The van der Waals surface area contributed by atoms with Crippen LogP contribution < -0.4 is 9.80 Å². The van der Waals surface area contributed by atoms with Crippen LogP contribution in [-0.4, -0.2) is 95.9 Å². The molecule has 3 aliphatic rings. The van der Waals surface area contributed by atoms with Crippen molar-refractivity contribution in [1.29, 1.82) is 0 Å². The monoisotopic (exact) mass is 474 g/mol. The Labute approximate surface area is 206 Å². The molecule has 1 saturated carbocycles. The summed E-state index contributed by atoms with van der Waals surface area (Å²) in [4.78, 5) is 21.6. The molecule has 35 heavy (non-hydrogen) atoms. The molecule has 0 spiro atoms. The molecule has 0 radical (unpaired) electrons. The number of aliphatic hydroxyl groups excluding tert-OH is 1. The summed E-state index contributed by atoms with van der Waals surface area (Å²) in [6, 6.07) is 13.1. The molecule has 8 nitrogen and oxygen atoms in total. The van der Waals surface area contributed by atoms with Gasteiger partial charge in [0.1, 0.15) is 0 Å². The summed E-state index contributed by atoms with van der Waals surface area (Å²) >= 11 is 0. The van der Waals surface area contributed by atoms with E-state index in [-0.39, 0.29) is 6.61 Å². The van der Waals surface area contributed by atoms with E-state index in [1.54, 1.807) is 0 Å². The van der Waals surface area contributed by atoms with Crippen LogP contribution in [0.3, 0.4) is 0 Å². The van der Waals surface area contributed by atoms with Gasteiger partial charge in [0.2, 0.25) is 5.91 Å². The van der Waals surface area contributed by atoms with Gasteiger partial charge >= 0.3 is 0 Å². The first-order valence-corrected chi connectivity index (χ1v) is 12.9. The van der Waals surface area contributed by atoms with E-state index in [0.717, 1.165) is 82.8 Å². The summed E-state index contributed by atoms with van der Waals surface area (Å²) < 4.78 is 1.97. The number of piperazine rings is 2. The molecule has 4 heterocycles. The summed E-state index contributed by atoms with van der Waals surface area (Å²) in [5, 5.41) is 13.7. The minimum atomic E-state index is 0.230. The first-order chi connectivity index (χ1) is 17.2. The van der Waals surface area contributed by atoms with E-state index in [0.29, 0.717) is 11.8 Å². The fourth-order valence-corrected chi connectivity index (χ4v) is 5.42. The lowest BCUT2D eigenvalue weighted by Crippen LogP contribution is -2.49. The van der Waals surface area contributed by atoms with Crippen molar-refractivity contribution in [1.82, 2.24) is 19.4 Å². The molecule has 2 aromatic heterocycles. The van der Waals surface area contributed by atoms with Crippen LogP contribution in [0.1, 0.15) is 12.8 Å². The van der Waals surface area contributed by atoms with E-state index in [1.165, 1.54) is 16.9 Å². The molecule has 8 heteroatoms. The summed E-state index contributed by atoms with van der Waals surface area (Å²) in [6.07, 6.45) is 6.11. The highest BCUT2D eigenvalue weighted by Crippen LogP contribution is 2.33. The third-order valence-corrected chi connectivity index (χ3v) is 7.70. The number of carbonyl (C=O) groups is 1. The quantitative estimate of drug-likeness (QED) is 0.591. The average molecular weight is 475 g/mol. The molecular formula is C27H34N6O2. The topological polar surface area (TPSA) is 67.6 Å². The van der Waals surface area contributed by atoms with Gasteiger partial charge in [-0.15, -0.1) is 0 Å². The normalized spacial score (nSPS) is 19.5. The Balaban J connectivity index is 1.15. The van der Waals surface area contributed by atoms with Crippen molar-refractivity contribution in [3.8, 4) is 11.1 Å². The molecule has 184 valence electrons. The number of aliphatic hydroxyl groups is 1. The molecule has 0 atom stereocenters. The highest BCUT2D eigenvalue weighted by Gasteiger charge is 2.34. The van der Waals surface area contributed by atoms with E-state index in [2.05, 4.69) is 62.4 Å². The summed E-state index contributed by atoms with van der Waals surface area (Å²) in [5.41, 5.74) is 5.88. The maximum atomic E-state index is 12.4. The predicted molar refractivity (Wildman–Crippen MR) is 138 cm³/mol. The van der Waals surface area contributed by atoms with Gasteiger partial charge < -0.3 is 19.8 Å². The van der Waals surface area contributed by atoms with Crippen molar-refractivity contribution in [3.63, 3.8) is 0 Å². The number of hydrogen-bond acceptors (Lipinski definition) is 6. The number of β-amino-alcohol motifs (C(OH)–C–C–N with tert-alkyl or cyclic N) is 1. The molecule has 0 bridgehead atoms. The van der Waals surface area contributed by atoms with Crippen molar-refractivity contribution in [2.75, 3.05) is 75.3 Å². The smallest absolute Gasteiger partial charge is 0.225 e. The van der Waals surface area contributed by atoms with E-state index in [9.17, 15) is 4.79 Å². The number of hydrogen-bond donors (Lipinski definition) is 1. The zero-order valence-corrected chi connectivity index (χ0v) is 20.2. The van der Waals surface area contributed by atoms with Crippen molar-refractivity contribution in [3.05, 3.63) is 48.8 Å². The third-order valence-electron chi connectivity index (χ3n) is 7.70. The molecule has 3 aromatic rings. The molecule has 1 N–H and O–H groups in total. The molecule has 6 rings (SSSR count). The Kier molecular flexibility index (Phi) is 6.08. The van der Waals surface area contributed by atoms with Gasteiger partial charge in [-0.3, -0.25) is 9.69 Å². The lowest BCUT2D eigenvalue weighted by molar-refractivity contribution is -0.132. The first-order valence-electron chi connectivity index (χ1n) is 12.9. The summed E-state index contributed by atoms with van der Waals surface area (Å²) in [7, 11) is 0. The zero-order chi connectivity index (χ0) is 23.8. The Morgan fingerprint density at radius 1 is 0.886 bits per heavy atom. The second-order valence-electron chi connectivity index (χ2n) is 9.96. The summed E-state index contributed by atoms with van der Waals surface area (Å²) in [5.74, 6) is 0.648. The van der Waals surface area contributed by atoms with Crippen molar-refractivity contribution in [2.24, 2.45) is 5.92 Å². The van der Waals surface area contributed by atoms with Gasteiger partial charge in [-0.05, 0) is 42.7 Å². The number of amides is 1. The molecule has 0 unspecified atom stereocenters. The SMILES string of the molecule is O=C(C1CC1)N1CCN(c2ccnn3cc(-c4ccc(N5CCN(CCO)CC5)cc4)cc23)CC1. The van der Waals surface area contributed by atoms with E-state index >= 15 is 0 Å². The minimum Gasteiger partial charge on any atom is -0.395 e. The standard InChI is InChI=1S/C27H34N6O2/c34-18-17-29-9-11-30(12-10-29)24-5-3-21(4-6-24)23-19-26-25(7-8-28-33(26)20-23)31-13-15-32(16-14-31)27(35)22-1-2-22/h3-8,19-20,22,34H,1-2,9-18H2. The van der Waals surface area contributed by atoms with Crippen LogP contribution in [0.2, 0.25) is 0 Å². The van der Waals surface area contributed by atoms with Crippen LogP contribution in [0.5, 0.6) is 0 Å². The Bertz CT molecular complexity index is 1170. The summed E-state index contributed by atoms with van der Waals surface area (Å²) in [6.45, 7) is 8.27. The van der Waals surface area contributed by atoms with Crippen LogP contribution in [-0.2, 0) is 4.79 Å². The van der Waals surface area contributed by atoms with Crippen LogP contribution in [0, 0.1) is 5.92 Å². The Hall–Kier alpha value is -3.10. The van der Waals surface area contributed by atoms with Crippen molar-refractivity contribution < 1.29 is 9.90 Å². The first kappa shape index (κ1) is 22.4. The Morgan fingerprint density at radius 2 is 1.60 bits per heavy atom. The number of rotatable bonds is 6. The second-order valence-corrected chi connectivity index (χ2v) is 9.96. The highest BCUT2D eigenvalue weighted by atomic mass is 16.3. The molecule has 2 saturated heterocycles. The van der Waals surface area contributed by atoms with Gasteiger partial charge in [0, 0.05) is 88.5 Å². The molecule has 1 aromatic carbocycles. The van der Waals surface area contributed by atoms with Gasteiger partial charge in [-0.25, -0.2) is 4.52 Å². The van der Waals surface area contributed by atoms with Gasteiger partial charge in [-0.2, -0.15) is 5.10 Å². The van der Waals surface area contributed by atoms with Crippen LogP contribution in [0.15, 0.2) is 48.8 Å². The Morgan fingerprint density at radius 3 is 2.29 bits per heavy atom. The zero-order valence-electron chi connectivity index (χ0n) is 20.2. The fourth-order valence-electron chi connectivity index (χ4n) is 5.42. The molecule has 1 amide bonds. The van der Waals surface area contributed by atoms with Gasteiger partial charge in [0.15, 0.2) is 0 Å².